The number of phenolic OH excluding ortho intramolecular Hbond substituents is 2. The molecule has 3 rings (SSSR count). The second-order valence-electron chi connectivity index (χ2n) is 9.43. The van der Waals surface area contributed by atoms with Crippen LogP contribution in [-0.2, 0) is 13.1 Å². The summed E-state index contributed by atoms with van der Waals surface area (Å²) >= 11 is 0. The predicted molar refractivity (Wildman–Crippen MR) is 162 cm³/mol. The lowest BCUT2D eigenvalue weighted by Gasteiger charge is -2.17. The van der Waals surface area contributed by atoms with Crippen molar-refractivity contribution in [1.82, 2.24) is 20.2 Å². The largest absolute Gasteiger partial charge is 0.507 e. The Hall–Kier alpha value is -5.02. The normalized spacial score (nSPS) is 10.5. The van der Waals surface area contributed by atoms with Crippen LogP contribution in [0.1, 0.15) is 48.7 Å². The van der Waals surface area contributed by atoms with Crippen LogP contribution in [0.2, 0.25) is 0 Å². The summed E-state index contributed by atoms with van der Waals surface area (Å²) in [6.45, 7) is 6.88. The monoisotopic (exact) mass is 562 g/mol. The van der Waals surface area contributed by atoms with Gasteiger partial charge in [0.1, 0.15) is 17.3 Å². The molecule has 0 atom stereocenters. The maximum absolute atomic E-state index is 13.4. The first-order valence-corrected chi connectivity index (χ1v) is 13.0. The summed E-state index contributed by atoms with van der Waals surface area (Å²) in [4.78, 5) is 30.3. The molecule has 0 aliphatic carbocycles. The van der Waals surface area contributed by atoms with Crippen LogP contribution in [0.25, 0.3) is 11.3 Å². The quantitative estimate of drug-likeness (QED) is 0.0535. The molecule has 0 bridgehead atoms. The summed E-state index contributed by atoms with van der Waals surface area (Å²) in [6.07, 6.45) is 10.4. The first-order valence-electron chi connectivity index (χ1n) is 13.0. The number of rotatable bonds is 12. The molecule has 1 aromatic heterocycles. The molecule has 0 saturated carbocycles. The van der Waals surface area contributed by atoms with Gasteiger partial charge in [-0.05, 0) is 50.6 Å². The number of amidine groups is 1. The minimum atomic E-state index is -0.348. The van der Waals surface area contributed by atoms with Gasteiger partial charge in [-0.25, -0.2) is 4.98 Å². The topological polar surface area (TPSA) is 204 Å². The zero-order valence-corrected chi connectivity index (χ0v) is 23.5. The van der Waals surface area contributed by atoms with Gasteiger partial charge >= 0.3 is 0 Å². The number of terminal acetylenes is 1. The standard InChI is InChI=1S/C27H36N8O4.C2H2/c1-4-5-32-26(38)18-8-16(9-19(28)10-18)21-14-33-25(34-15(2)3)27(39)35(21)7-6-31-13-20-22(36)11-17(24(29)30)12-23(20)37;1-2/h8-12,14-15,31,36-37H,4-7,13,28H2,1-3H3,(H3,29,30)(H,32,38)(H,33,34);1-2H. The zero-order chi connectivity index (χ0) is 30.7. The fraction of sp³-hybridized carbons (Fsp3) is 0.310. The highest BCUT2D eigenvalue weighted by molar-refractivity contribution is 5.96. The summed E-state index contributed by atoms with van der Waals surface area (Å²) in [5.74, 6) is -0.753. The molecule has 1 amide bonds. The maximum Gasteiger partial charge on any atom is 0.293 e. The molecule has 0 radical (unpaired) electrons. The molecule has 2 aromatic carbocycles. The Balaban J connectivity index is 0.00000287. The Labute approximate surface area is 239 Å². The van der Waals surface area contributed by atoms with Crippen molar-refractivity contribution in [2.75, 3.05) is 24.1 Å². The van der Waals surface area contributed by atoms with E-state index in [2.05, 4.69) is 33.8 Å². The van der Waals surface area contributed by atoms with E-state index in [1.54, 1.807) is 24.4 Å². The van der Waals surface area contributed by atoms with Crippen LogP contribution < -0.4 is 33.0 Å². The highest BCUT2D eigenvalue weighted by Crippen LogP contribution is 2.28. The smallest absolute Gasteiger partial charge is 0.293 e. The number of nitrogens with two attached hydrogens (primary N) is 2. The Morgan fingerprint density at radius 3 is 2.34 bits per heavy atom. The van der Waals surface area contributed by atoms with Gasteiger partial charge in [0.15, 0.2) is 5.82 Å². The predicted octanol–water partition coefficient (Wildman–Crippen LogP) is 2.19. The third-order valence-corrected chi connectivity index (χ3v) is 5.86. The molecule has 0 spiro atoms. The summed E-state index contributed by atoms with van der Waals surface area (Å²) in [6, 6.07) is 7.53. The van der Waals surface area contributed by atoms with E-state index in [1.807, 2.05) is 20.8 Å². The fourth-order valence-electron chi connectivity index (χ4n) is 3.97. The van der Waals surface area contributed by atoms with Crippen molar-refractivity contribution in [2.24, 2.45) is 5.73 Å². The van der Waals surface area contributed by atoms with E-state index in [1.165, 1.54) is 16.7 Å². The summed E-state index contributed by atoms with van der Waals surface area (Å²) < 4.78 is 1.53. The SMILES string of the molecule is C#C.CCCNC(=O)c1cc(N)cc(-c2cnc(NC(C)C)c(=O)n2CCNCc2c(O)cc(C(=N)N)cc2O)c1. The fourth-order valence-corrected chi connectivity index (χ4v) is 3.97. The van der Waals surface area contributed by atoms with Crippen LogP contribution in [0.5, 0.6) is 11.5 Å². The molecule has 12 heteroatoms. The molecule has 1 heterocycles. The van der Waals surface area contributed by atoms with E-state index < -0.39 is 0 Å². The van der Waals surface area contributed by atoms with Crippen molar-refractivity contribution < 1.29 is 15.0 Å². The van der Waals surface area contributed by atoms with Crippen molar-refractivity contribution in [1.29, 1.82) is 5.41 Å². The lowest BCUT2D eigenvalue weighted by Crippen LogP contribution is -2.31. The van der Waals surface area contributed by atoms with Crippen LogP contribution in [0.3, 0.4) is 0 Å². The Kier molecular flexibility index (Phi) is 11.7. The Morgan fingerprint density at radius 1 is 1.10 bits per heavy atom. The van der Waals surface area contributed by atoms with Crippen molar-refractivity contribution in [3.8, 4) is 35.6 Å². The molecule has 0 fully saturated rings. The van der Waals surface area contributed by atoms with Gasteiger partial charge in [0.25, 0.3) is 11.5 Å². The zero-order valence-electron chi connectivity index (χ0n) is 23.5. The van der Waals surface area contributed by atoms with Crippen molar-refractivity contribution in [2.45, 2.75) is 46.3 Å². The average molecular weight is 563 g/mol. The van der Waals surface area contributed by atoms with Crippen LogP contribution >= 0.6 is 0 Å². The minimum Gasteiger partial charge on any atom is -0.507 e. The number of nitrogens with zero attached hydrogens (tertiary/aromatic N) is 2. The van der Waals surface area contributed by atoms with E-state index >= 15 is 0 Å². The second kappa shape index (κ2) is 14.9. The van der Waals surface area contributed by atoms with Gasteiger partial charge in [-0.2, -0.15) is 0 Å². The van der Waals surface area contributed by atoms with Crippen LogP contribution in [0, 0.1) is 18.3 Å². The number of benzene rings is 2. The molecule has 0 unspecified atom stereocenters. The maximum atomic E-state index is 13.4. The first kappa shape index (κ1) is 32.2. The summed E-state index contributed by atoms with van der Waals surface area (Å²) in [5, 5.41) is 37.0. The number of carbonyl (C=O) groups is 1. The number of nitrogens with one attached hydrogen (secondary N) is 4. The van der Waals surface area contributed by atoms with Gasteiger partial charge in [0.2, 0.25) is 0 Å². The third kappa shape index (κ3) is 8.48. The average Bonchev–Trinajstić information content (AvgIpc) is 2.92. The van der Waals surface area contributed by atoms with Gasteiger partial charge in [0, 0.05) is 60.2 Å². The van der Waals surface area contributed by atoms with Gasteiger partial charge in [-0.1, -0.05) is 6.92 Å². The number of hydrogen-bond acceptors (Lipinski definition) is 9. The molecule has 218 valence electrons. The summed E-state index contributed by atoms with van der Waals surface area (Å²) in [7, 11) is 0. The molecule has 0 aliphatic rings. The number of aromatic nitrogens is 2. The van der Waals surface area contributed by atoms with Gasteiger partial charge in [0.05, 0.1) is 11.9 Å². The Bertz CT molecular complexity index is 1440. The van der Waals surface area contributed by atoms with E-state index in [-0.39, 0.29) is 71.4 Å². The molecule has 0 aliphatic heterocycles. The van der Waals surface area contributed by atoms with Gasteiger partial charge in [-0.3, -0.25) is 15.0 Å². The molecule has 41 heavy (non-hydrogen) atoms. The van der Waals surface area contributed by atoms with Crippen LogP contribution in [0.15, 0.2) is 41.3 Å². The molecule has 0 saturated heterocycles. The molecular weight excluding hydrogens is 524 g/mol. The lowest BCUT2D eigenvalue weighted by molar-refractivity contribution is 0.0953. The molecule has 10 N–H and O–H groups in total. The van der Waals surface area contributed by atoms with Crippen molar-refractivity contribution in [3.63, 3.8) is 0 Å². The molecule has 12 nitrogen and oxygen atoms in total. The number of aromatic hydroxyl groups is 2. The molecule has 3 aromatic rings. The van der Waals surface area contributed by atoms with Crippen LogP contribution in [0.4, 0.5) is 11.5 Å². The minimum absolute atomic E-state index is 0.0206. The summed E-state index contributed by atoms with van der Waals surface area (Å²) in [5.41, 5.74) is 13.4. The number of hydrogen-bond donors (Lipinski definition) is 8. The lowest BCUT2D eigenvalue weighted by atomic mass is 10.1. The van der Waals surface area contributed by atoms with Crippen molar-refractivity contribution >= 4 is 23.2 Å². The number of amides is 1. The number of nitrogen functional groups attached to an aromatic ring is 2. The Morgan fingerprint density at radius 2 is 1.76 bits per heavy atom. The van der Waals surface area contributed by atoms with Crippen molar-refractivity contribution in [3.05, 3.63) is 63.6 Å². The highest BCUT2D eigenvalue weighted by atomic mass is 16.3. The highest BCUT2D eigenvalue weighted by Gasteiger charge is 2.16. The third-order valence-electron chi connectivity index (χ3n) is 5.86. The van der Waals surface area contributed by atoms with Gasteiger partial charge in [-0.15, -0.1) is 12.8 Å². The first-order chi connectivity index (χ1) is 19.5. The van der Waals surface area contributed by atoms with Crippen LogP contribution in [-0.4, -0.2) is 50.6 Å². The van der Waals surface area contributed by atoms with E-state index in [0.717, 1.165) is 6.42 Å². The van der Waals surface area contributed by atoms with E-state index in [9.17, 15) is 19.8 Å². The van der Waals surface area contributed by atoms with Gasteiger partial charge < -0.3 is 42.2 Å². The molecular formula is C29H38N8O4. The number of anilines is 2. The van der Waals surface area contributed by atoms with E-state index in [4.69, 9.17) is 16.9 Å². The number of phenols is 2. The number of carbonyl (C=O) groups excluding carboxylic acids is 1. The second-order valence-corrected chi connectivity index (χ2v) is 9.43. The van der Waals surface area contributed by atoms with E-state index in [0.29, 0.717) is 29.1 Å².